The van der Waals surface area contributed by atoms with E-state index in [-0.39, 0.29) is 11.6 Å². The topological polar surface area (TPSA) is 26.0 Å². The van der Waals surface area contributed by atoms with Gasteiger partial charge in [0.05, 0.1) is 0 Å². The Balaban J connectivity index is 2.27. The van der Waals surface area contributed by atoms with Crippen LogP contribution in [0.15, 0.2) is 52.3 Å². The summed E-state index contributed by atoms with van der Waals surface area (Å²) in [6, 6.07) is 10.3. The summed E-state index contributed by atoms with van der Waals surface area (Å²) >= 11 is 1.31. The Morgan fingerprint density at radius 1 is 0.938 bits per heavy atom. The molecule has 0 amide bonds. The SMILES string of the molecule is Nc1cc(F)ccc1Sc1cccc(F)c1. The number of halogens is 2. The summed E-state index contributed by atoms with van der Waals surface area (Å²) in [6.07, 6.45) is 0. The van der Waals surface area contributed by atoms with Gasteiger partial charge in [-0.15, -0.1) is 0 Å². The van der Waals surface area contributed by atoms with Gasteiger partial charge in [-0.3, -0.25) is 0 Å². The van der Waals surface area contributed by atoms with Crippen molar-refractivity contribution in [2.45, 2.75) is 9.79 Å². The van der Waals surface area contributed by atoms with Crippen LogP contribution in [0.2, 0.25) is 0 Å². The van der Waals surface area contributed by atoms with Crippen molar-refractivity contribution in [3.8, 4) is 0 Å². The van der Waals surface area contributed by atoms with E-state index in [1.807, 2.05) is 0 Å². The van der Waals surface area contributed by atoms with E-state index in [9.17, 15) is 8.78 Å². The van der Waals surface area contributed by atoms with Crippen LogP contribution in [-0.2, 0) is 0 Å². The van der Waals surface area contributed by atoms with Gasteiger partial charge in [-0.1, -0.05) is 17.8 Å². The van der Waals surface area contributed by atoms with Crippen molar-refractivity contribution in [1.29, 1.82) is 0 Å². The second kappa shape index (κ2) is 4.53. The highest BCUT2D eigenvalue weighted by Gasteiger charge is 2.03. The van der Waals surface area contributed by atoms with Gasteiger partial charge >= 0.3 is 0 Å². The molecule has 4 heteroatoms. The van der Waals surface area contributed by atoms with Crippen molar-refractivity contribution >= 4 is 17.4 Å². The third-order valence-electron chi connectivity index (χ3n) is 2.00. The number of hydrogen-bond acceptors (Lipinski definition) is 2. The van der Waals surface area contributed by atoms with E-state index in [1.54, 1.807) is 18.2 Å². The molecule has 0 radical (unpaired) electrons. The summed E-state index contributed by atoms with van der Waals surface area (Å²) in [5, 5.41) is 0. The van der Waals surface area contributed by atoms with Crippen LogP contribution in [0.25, 0.3) is 0 Å². The van der Waals surface area contributed by atoms with E-state index < -0.39 is 0 Å². The fourth-order valence-corrected chi connectivity index (χ4v) is 2.15. The molecule has 16 heavy (non-hydrogen) atoms. The van der Waals surface area contributed by atoms with E-state index in [0.29, 0.717) is 10.6 Å². The van der Waals surface area contributed by atoms with Crippen molar-refractivity contribution in [2.24, 2.45) is 0 Å². The molecule has 2 aromatic rings. The zero-order valence-electron chi connectivity index (χ0n) is 8.28. The molecule has 0 fully saturated rings. The molecule has 2 N–H and O–H groups in total. The van der Waals surface area contributed by atoms with Crippen LogP contribution in [0.4, 0.5) is 14.5 Å². The van der Waals surface area contributed by atoms with Gasteiger partial charge < -0.3 is 5.73 Å². The fraction of sp³-hybridized carbons (Fsp3) is 0. The number of rotatable bonds is 2. The number of benzene rings is 2. The molecule has 0 saturated carbocycles. The second-order valence-corrected chi connectivity index (χ2v) is 4.36. The lowest BCUT2D eigenvalue weighted by molar-refractivity contribution is 0.624. The Kier molecular flexibility index (Phi) is 3.10. The predicted molar refractivity (Wildman–Crippen MR) is 61.3 cm³/mol. The summed E-state index contributed by atoms with van der Waals surface area (Å²) in [6.45, 7) is 0. The largest absolute Gasteiger partial charge is 0.398 e. The first kappa shape index (κ1) is 11.0. The zero-order chi connectivity index (χ0) is 11.5. The van der Waals surface area contributed by atoms with Gasteiger partial charge in [0.25, 0.3) is 0 Å². The van der Waals surface area contributed by atoms with Crippen molar-refractivity contribution < 1.29 is 8.78 Å². The maximum Gasteiger partial charge on any atom is 0.125 e. The lowest BCUT2D eigenvalue weighted by Gasteiger charge is -2.05. The summed E-state index contributed by atoms with van der Waals surface area (Å²) < 4.78 is 25.7. The minimum Gasteiger partial charge on any atom is -0.398 e. The van der Waals surface area contributed by atoms with E-state index in [4.69, 9.17) is 5.73 Å². The molecule has 0 bridgehead atoms. The molecule has 0 atom stereocenters. The van der Waals surface area contributed by atoms with Crippen LogP contribution >= 0.6 is 11.8 Å². The molecule has 2 aromatic carbocycles. The monoisotopic (exact) mass is 237 g/mol. The smallest absolute Gasteiger partial charge is 0.125 e. The van der Waals surface area contributed by atoms with Crippen molar-refractivity contribution in [2.75, 3.05) is 5.73 Å². The molecule has 0 unspecified atom stereocenters. The first-order chi connectivity index (χ1) is 7.65. The Morgan fingerprint density at radius 2 is 1.69 bits per heavy atom. The Morgan fingerprint density at radius 3 is 2.38 bits per heavy atom. The van der Waals surface area contributed by atoms with Crippen LogP contribution in [-0.4, -0.2) is 0 Å². The molecule has 82 valence electrons. The van der Waals surface area contributed by atoms with Crippen LogP contribution in [0, 0.1) is 11.6 Å². The molecular formula is C12H9F2NS. The predicted octanol–water partition coefficient (Wildman–Crippen LogP) is 3.70. The van der Waals surface area contributed by atoms with Gasteiger partial charge in [0.15, 0.2) is 0 Å². The maximum absolute atomic E-state index is 12.9. The first-order valence-electron chi connectivity index (χ1n) is 4.63. The fourth-order valence-electron chi connectivity index (χ4n) is 1.27. The van der Waals surface area contributed by atoms with Gasteiger partial charge in [0, 0.05) is 15.5 Å². The number of hydrogen-bond donors (Lipinski definition) is 1. The van der Waals surface area contributed by atoms with E-state index in [0.717, 1.165) is 4.90 Å². The average molecular weight is 237 g/mol. The minimum atomic E-state index is -0.374. The summed E-state index contributed by atoms with van der Waals surface area (Å²) in [7, 11) is 0. The number of anilines is 1. The summed E-state index contributed by atoms with van der Waals surface area (Å²) in [4.78, 5) is 1.45. The lowest BCUT2D eigenvalue weighted by atomic mass is 10.3. The molecule has 0 heterocycles. The first-order valence-corrected chi connectivity index (χ1v) is 5.45. The molecular weight excluding hydrogens is 228 g/mol. The lowest BCUT2D eigenvalue weighted by Crippen LogP contribution is -1.89. The van der Waals surface area contributed by atoms with E-state index in [1.165, 1.54) is 36.0 Å². The van der Waals surface area contributed by atoms with Gasteiger partial charge in [0.2, 0.25) is 0 Å². The quantitative estimate of drug-likeness (QED) is 0.806. The average Bonchev–Trinajstić information content (AvgIpc) is 2.22. The van der Waals surface area contributed by atoms with Gasteiger partial charge in [-0.2, -0.15) is 0 Å². The molecule has 0 saturated heterocycles. The number of nitrogen functional groups attached to an aromatic ring is 1. The van der Waals surface area contributed by atoms with E-state index >= 15 is 0 Å². The molecule has 0 aromatic heterocycles. The molecule has 0 aliphatic heterocycles. The minimum absolute atomic E-state index is 0.300. The van der Waals surface area contributed by atoms with Crippen molar-refractivity contribution in [3.63, 3.8) is 0 Å². The van der Waals surface area contributed by atoms with Crippen LogP contribution < -0.4 is 5.73 Å². The van der Waals surface area contributed by atoms with Crippen LogP contribution in [0.1, 0.15) is 0 Å². The van der Waals surface area contributed by atoms with Gasteiger partial charge in [0.1, 0.15) is 11.6 Å². The zero-order valence-corrected chi connectivity index (χ0v) is 9.10. The van der Waals surface area contributed by atoms with E-state index in [2.05, 4.69) is 0 Å². The third-order valence-corrected chi connectivity index (χ3v) is 3.08. The normalized spacial score (nSPS) is 10.4. The number of nitrogens with two attached hydrogens (primary N) is 1. The summed E-state index contributed by atoms with van der Waals surface area (Å²) in [5.41, 5.74) is 6.01. The van der Waals surface area contributed by atoms with Crippen molar-refractivity contribution in [1.82, 2.24) is 0 Å². The standard InChI is InChI=1S/C12H9F2NS/c13-8-2-1-3-10(6-8)16-12-5-4-9(14)7-11(12)15/h1-7H,15H2. The maximum atomic E-state index is 12.9. The highest BCUT2D eigenvalue weighted by Crippen LogP contribution is 2.32. The molecule has 0 aliphatic rings. The molecule has 0 aliphatic carbocycles. The second-order valence-electron chi connectivity index (χ2n) is 3.24. The molecule has 0 spiro atoms. The Bertz CT molecular complexity index is 514. The van der Waals surface area contributed by atoms with Gasteiger partial charge in [-0.25, -0.2) is 8.78 Å². The highest BCUT2D eigenvalue weighted by atomic mass is 32.2. The molecule has 1 nitrogen and oxygen atoms in total. The van der Waals surface area contributed by atoms with Crippen LogP contribution in [0.3, 0.4) is 0 Å². The Hall–Kier alpha value is -1.55. The van der Waals surface area contributed by atoms with Crippen molar-refractivity contribution in [3.05, 3.63) is 54.1 Å². The van der Waals surface area contributed by atoms with Gasteiger partial charge in [-0.05, 0) is 36.4 Å². The molecule has 2 rings (SSSR count). The third kappa shape index (κ3) is 2.52. The highest BCUT2D eigenvalue weighted by molar-refractivity contribution is 7.99. The van der Waals surface area contributed by atoms with Crippen LogP contribution in [0.5, 0.6) is 0 Å². The Labute approximate surface area is 96.3 Å². The summed E-state index contributed by atoms with van der Waals surface area (Å²) in [5.74, 6) is -0.674.